The third-order valence-corrected chi connectivity index (χ3v) is 7.11. The third kappa shape index (κ3) is 6.09. The Morgan fingerprint density at radius 3 is 2.63 bits per heavy atom. The minimum atomic E-state index is -4.85. The van der Waals surface area contributed by atoms with Crippen LogP contribution >= 0.6 is 0 Å². The number of nitrogens with one attached hydrogen (secondary N) is 4. The molecule has 3 heterocycles. The number of amides is 1. The predicted molar refractivity (Wildman–Crippen MR) is 138 cm³/mol. The number of carbonyl (C=O) groups excluding carboxylic acids is 1. The second-order valence-corrected chi connectivity index (χ2v) is 9.79. The first-order valence-electron chi connectivity index (χ1n) is 12.8. The van der Waals surface area contributed by atoms with Crippen LogP contribution in [0.3, 0.4) is 0 Å². The normalized spacial score (nSPS) is 20.4. The van der Waals surface area contributed by atoms with Gasteiger partial charge in [0.2, 0.25) is 5.95 Å². The number of benzene rings is 1. The van der Waals surface area contributed by atoms with Gasteiger partial charge in [0.25, 0.3) is 0 Å². The maximum absolute atomic E-state index is 12.4. The van der Waals surface area contributed by atoms with Gasteiger partial charge in [0.1, 0.15) is 5.52 Å². The zero-order chi connectivity index (χ0) is 26.7. The average molecular weight is 533 g/mol. The summed E-state index contributed by atoms with van der Waals surface area (Å²) in [6, 6.07) is 6.32. The van der Waals surface area contributed by atoms with E-state index in [-0.39, 0.29) is 18.5 Å². The summed E-state index contributed by atoms with van der Waals surface area (Å²) in [4.78, 5) is 30.0. The number of anilines is 4. The molecule has 1 saturated heterocycles. The van der Waals surface area contributed by atoms with Crippen molar-refractivity contribution in [1.29, 1.82) is 0 Å². The number of morpholine rings is 1. The summed E-state index contributed by atoms with van der Waals surface area (Å²) >= 11 is 0. The lowest BCUT2D eigenvalue weighted by Crippen LogP contribution is -2.40. The Morgan fingerprint density at radius 2 is 1.92 bits per heavy atom. The molecule has 1 amide bonds. The standard InChI is InChI=1S/C25H31F3N8O2/c1-15-12-18(36-8-10-38-11-9-36)6-7-19(15)33-24-34-21-20(30-14-31-21)22(35-24)32-17-4-2-16(3-5-17)13-29-23(37)25(26,27)28/h6-7,12,14,16-17H,2-5,8-11,13H2,1H3,(H,29,37)(H3,30,31,32,33,34,35). The molecule has 0 atom stereocenters. The topological polar surface area (TPSA) is 120 Å². The third-order valence-electron chi connectivity index (χ3n) is 7.11. The number of hydrogen-bond donors (Lipinski definition) is 4. The number of carbonyl (C=O) groups is 1. The molecule has 0 spiro atoms. The van der Waals surface area contributed by atoms with Crippen molar-refractivity contribution < 1.29 is 22.7 Å². The van der Waals surface area contributed by atoms with Crippen LogP contribution in [0.15, 0.2) is 24.5 Å². The fourth-order valence-corrected chi connectivity index (χ4v) is 4.96. The highest BCUT2D eigenvalue weighted by atomic mass is 19.4. The Bertz CT molecular complexity index is 1270. The van der Waals surface area contributed by atoms with E-state index in [0.29, 0.717) is 35.8 Å². The number of aromatic nitrogens is 4. The summed E-state index contributed by atoms with van der Waals surface area (Å²) in [6.45, 7) is 5.25. The summed E-state index contributed by atoms with van der Waals surface area (Å²) < 4.78 is 42.8. The quantitative estimate of drug-likeness (QED) is 0.362. The molecular weight excluding hydrogens is 501 g/mol. The van der Waals surface area contributed by atoms with E-state index in [1.807, 2.05) is 18.3 Å². The van der Waals surface area contributed by atoms with Crippen LogP contribution in [0.1, 0.15) is 31.2 Å². The number of alkyl halides is 3. The van der Waals surface area contributed by atoms with Crippen LogP contribution in [-0.4, -0.2) is 70.9 Å². The van der Waals surface area contributed by atoms with E-state index in [0.717, 1.165) is 56.1 Å². The summed E-state index contributed by atoms with van der Waals surface area (Å²) in [5, 5.41) is 8.78. The summed E-state index contributed by atoms with van der Waals surface area (Å²) in [7, 11) is 0. The van der Waals surface area contributed by atoms with Crippen molar-refractivity contribution in [3.63, 3.8) is 0 Å². The fourth-order valence-electron chi connectivity index (χ4n) is 4.96. The zero-order valence-electron chi connectivity index (χ0n) is 21.1. The molecule has 1 aromatic carbocycles. The van der Waals surface area contributed by atoms with Gasteiger partial charge < -0.3 is 30.6 Å². The van der Waals surface area contributed by atoms with Crippen LogP contribution in [0.4, 0.5) is 36.3 Å². The van der Waals surface area contributed by atoms with Crippen molar-refractivity contribution in [2.24, 2.45) is 5.92 Å². The zero-order valence-corrected chi connectivity index (χ0v) is 21.1. The monoisotopic (exact) mass is 532 g/mol. The van der Waals surface area contributed by atoms with E-state index in [1.54, 1.807) is 6.33 Å². The first-order chi connectivity index (χ1) is 18.3. The average Bonchev–Trinajstić information content (AvgIpc) is 3.38. The van der Waals surface area contributed by atoms with Crippen molar-refractivity contribution in [1.82, 2.24) is 25.3 Å². The molecule has 204 valence electrons. The van der Waals surface area contributed by atoms with Gasteiger partial charge in [-0.3, -0.25) is 4.79 Å². The molecule has 3 aromatic rings. The van der Waals surface area contributed by atoms with Crippen molar-refractivity contribution in [2.75, 3.05) is 48.4 Å². The lowest BCUT2D eigenvalue weighted by molar-refractivity contribution is -0.173. The van der Waals surface area contributed by atoms with Gasteiger partial charge in [-0.25, -0.2) is 4.98 Å². The van der Waals surface area contributed by atoms with Gasteiger partial charge in [0.05, 0.1) is 19.5 Å². The molecule has 13 heteroatoms. The maximum Gasteiger partial charge on any atom is 0.471 e. The smallest absolute Gasteiger partial charge is 0.378 e. The highest BCUT2D eigenvalue weighted by molar-refractivity contribution is 5.84. The number of fused-ring (bicyclic) bond motifs is 1. The van der Waals surface area contributed by atoms with Crippen LogP contribution in [0.5, 0.6) is 0 Å². The molecule has 1 saturated carbocycles. The van der Waals surface area contributed by atoms with Gasteiger partial charge in [-0.15, -0.1) is 0 Å². The van der Waals surface area contributed by atoms with Crippen LogP contribution in [0, 0.1) is 12.8 Å². The van der Waals surface area contributed by atoms with Gasteiger partial charge in [-0.2, -0.15) is 23.1 Å². The highest BCUT2D eigenvalue weighted by Gasteiger charge is 2.38. The van der Waals surface area contributed by atoms with Crippen molar-refractivity contribution in [2.45, 2.75) is 44.8 Å². The number of imidazole rings is 1. The SMILES string of the molecule is Cc1cc(N2CCOCC2)ccc1Nc1nc(NC2CCC(CNC(=O)C(F)(F)F)CC2)c2[nH]cnc2n1. The number of aromatic amines is 1. The van der Waals surface area contributed by atoms with E-state index in [1.165, 1.54) is 0 Å². The largest absolute Gasteiger partial charge is 0.471 e. The van der Waals surface area contributed by atoms with Gasteiger partial charge in [0.15, 0.2) is 11.5 Å². The predicted octanol–water partition coefficient (Wildman–Crippen LogP) is 3.89. The number of ether oxygens (including phenoxy) is 1. The van der Waals surface area contributed by atoms with Gasteiger partial charge in [0, 0.05) is 37.1 Å². The number of nitrogens with zero attached hydrogens (tertiary/aromatic N) is 4. The van der Waals surface area contributed by atoms with E-state index >= 15 is 0 Å². The molecule has 4 N–H and O–H groups in total. The van der Waals surface area contributed by atoms with Gasteiger partial charge >= 0.3 is 12.1 Å². The molecule has 2 aromatic heterocycles. The number of halogens is 3. The van der Waals surface area contributed by atoms with E-state index in [9.17, 15) is 18.0 Å². The second kappa shape index (κ2) is 11.0. The van der Waals surface area contributed by atoms with Crippen molar-refractivity contribution in [3.8, 4) is 0 Å². The Hall–Kier alpha value is -3.61. The summed E-state index contributed by atoms with van der Waals surface area (Å²) in [5.41, 5.74) is 4.32. The fraction of sp³-hybridized carbons (Fsp3) is 0.520. The van der Waals surface area contributed by atoms with Crippen LogP contribution < -0.4 is 20.9 Å². The molecule has 0 bridgehead atoms. The molecule has 10 nitrogen and oxygen atoms in total. The Morgan fingerprint density at radius 1 is 1.16 bits per heavy atom. The number of rotatable bonds is 7. The summed E-state index contributed by atoms with van der Waals surface area (Å²) in [5.74, 6) is -0.840. The molecule has 2 fully saturated rings. The molecule has 38 heavy (non-hydrogen) atoms. The maximum atomic E-state index is 12.4. The second-order valence-electron chi connectivity index (χ2n) is 9.79. The minimum Gasteiger partial charge on any atom is -0.378 e. The lowest BCUT2D eigenvalue weighted by Gasteiger charge is -2.30. The molecular formula is C25H31F3N8O2. The van der Waals surface area contributed by atoms with Gasteiger partial charge in [-0.05, 0) is 62.3 Å². The van der Waals surface area contributed by atoms with Gasteiger partial charge in [-0.1, -0.05) is 0 Å². The van der Waals surface area contributed by atoms with E-state index in [2.05, 4.69) is 42.6 Å². The Kier molecular flexibility index (Phi) is 7.54. The number of H-pyrrole nitrogens is 1. The van der Waals surface area contributed by atoms with Crippen LogP contribution in [-0.2, 0) is 9.53 Å². The molecule has 0 radical (unpaired) electrons. The minimum absolute atomic E-state index is 0.0116. The number of hydrogen-bond acceptors (Lipinski definition) is 8. The number of aryl methyl sites for hydroxylation is 1. The van der Waals surface area contributed by atoms with Crippen molar-refractivity contribution in [3.05, 3.63) is 30.1 Å². The Labute approximate surface area is 217 Å². The lowest BCUT2D eigenvalue weighted by atomic mass is 9.86. The van der Waals surface area contributed by atoms with Crippen LogP contribution in [0.25, 0.3) is 11.2 Å². The van der Waals surface area contributed by atoms with E-state index < -0.39 is 12.1 Å². The molecule has 2 aliphatic rings. The molecule has 1 aliphatic heterocycles. The first kappa shape index (κ1) is 26.0. The molecule has 1 aliphatic carbocycles. The van der Waals surface area contributed by atoms with Crippen LogP contribution in [0.2, 0.25) is 0 Å². The van der Waals surface area contributed by atoms with E-state index in [4.69, 9.17) is 9.72 Å². The molecule has 0 unspecified atom stereocenters. The highest BCUT2D eigenvalue weighted by Crippen LogP contribution is 2.30. The molecule has 5 rings (SSSR count). The van der Waals surface area contributed by atoms with Crippen molar-refractivity contribution >= 4 is 40.2 Å². The first-order valence-corrected chi connectivity index (χ1v) is 12.8. The Balaban J connectivity index is 1.23. The summed E-state index contributed by atoms with van der Waals surface area (Å²) in [6.07, 6.45) is -0.388.